The third-order valence-electron chi connectivity index (χ3n) is 10.2. The number of carbonyl (C=O) groups excluding carboxylic acids is 2. The van der Waals surface area contributed by atoms with Crippen LogP contribution in [0.15, 0.2) is 16.1 Å². The first kappa shape index (κ1) is 36.7. The van der Waals surface area contributed by atoms with Crippen molar-refractivity contribution in [2.75, 3.05) is 27.4 Å². The summed E-state index contributed by atoms with van der Waals surface area (Å²) in [5.41, 5.74) is 8.94. The molecule has 250 valence electrons. The zero-order valence-electron chi connectivity index (χ0n) is 27.8. The summed E-state index contributed by atoms with van der Waals surface area (Å²) in [4.78, 5) is 29.4. The van der Waals surface area contributed by atoms with Gasteiger partial charge in [0.1, 0.15) is 24.0 Å². The van der Waals surface area contributed by atoms with Crippen LogP contribution in [0.3, 0.4) is 0 Å². The van der Waals surface area contributed by atoms with Gasteiger partial charge in [-0.25, -0.2) is 0 Å². The van der Waals surface area contributed by atoms with E-state index in [1.807, 2.05) is 6.21 Å². The Kier molecular flexibility index (Phi) is 16.4. The lowest BCUT2D eigenvalue weighted by atomic mass is 9.77. The van der Waals surface area contributed by atoms with E-state index in [0.29, 0.717) is 42.9 Å². The molecule has 0 spiro atoms. The van der Waals surface area contributed by atoms with Gasteiger partial charge in [-0.05, 0) is 94.4 Å². The highest BCUT2D eigenvalue weighted by atomic mass is 16.5. The maximum absolute atomic E-state index is 13.0. The first-order valence-electron chi connectivity index (χ1n) is 17.2. The van der Waals surface area contributed by atoms with E-state index in [9.17, 15) is 14.7 Å². The van der Waals surface area contributed by atoms with Crippen LogP contribution in [0.25, 0.3) is 0 Å². The Bertz CT molecular complexity index is 939. The van der Waals surface area contributed by atoms with E-state index < -0.39 is 6.10 Å². The normalized spacial score (nSPS) is 27.5. The summed E-state index contributed by atoms with van der Waals surface area (Å²) in [7, 11) is 3.40. The van der Waals surface area contributed by atoms with Crippen molar-refractivity contribution in [1.29, 1.82) is 0 Å². The summed E-state index contributed by atoms with van der Waals surface area (Å²) < 4.78 is 16.4. The lowest BCUT2D eigenvalue weighted by Gasteiger charge is -2.34. The Labute approximate surface area is 266 Å². The average molecular weight is 619 g/mol. The number of ketones is 1. The predicted molar refractivity (Wildman–Crippen MR) is 174 cm³/mol. The number of rotatable bonds is 20. The Morgan fingerprint density at radius 2 is 1.98 bits per heavy atom. The molecule has 1 saturated heterocycles. The Hall–Kier alpha value is -1.78. The van der Waals surface area contributed by atoms with Gasteiger partial charge in [-0.15, -0.1) is 4.99 Å². The molecule has 0 aromatic rings. The first-order chi connectivity index (χ1) is 21.2. The SMILES string of the molecule is CCC(CCC(CC(=O)CCC1CCC(O)C(OC)C1)OC(C)=O)CC1=C(CC(CCCOC)C2CCNC(N)C2)[CH+]N=C1. The lowest BCUT2D eigenvalue weighted by molar-refractivity contribution is -0.148. The van der Waals surface area contributed by atoms with Gasteiger partial charge in [0.2, 0.25) is 0 Å². The second-order valence-corrected chi connectivity index (χ2v) is 13.5. The highest BCUT2D eigenvalue weighted by molar-refractivity contribution is 5.84. The number of hydrogen-bond acceptors (Lipinski definition) is 9. The number of ether oxygens (including phenoxy) is 3. The molecule has 0 bridgehead atoms. The molecule has 1 saturated carbocycles. The Morgan fingerprint density at radius 1 is 1.16 bits per heavy atom. The highest BCUT2D eigenvalue weighted by Crippen LogP contribution is 2.37. The quantitative estimate of drug-likeness (QED) is 0.0953. The van der Waals surface area contributed by atoms with E-state index >= 15 is 0 Å². The molecular formula is C35H60N3O6+. The van der Waals surface area contributed by atoms with Crippen LogP contribution in [0.2, 0.25) is 0 Å². The van der Waals surface area contributed by atoms with E-state index in [4.69, 9.17) is 19.9 Å². The molecule has 2 heterocycles. The molecule has 9 heteroatoms. The maximum atomic E-state index is 13.0. The van der Waals surface area contributed by atoms with Crippen LogP contribution >= 0.6 is 0 Å². The first-order valence-corrected chi connectivity index (χ1v) is 17.2. The summed E-state index contributed by atoms with van der Waals surface area (Å²) in [5.74, 6) is 1.76. The number of aliphatic imine (C=N–C) groups is 1. The average Bonchev–Trinajstić information content (AvgIpc) is 3.44. The molecule has 2 fully saturated rings. The predicted octanol–water partition coefficient (Wildman–Crippen LogP) is 5.29. The molecule has 8 unspecified atom stereocenters. The standard InChI is InChI=1S/C35H60N3O6/c1-5-25(9-12-32(44-24(2)39)21-31(40)11-8-26-10-13-33(41)34(18-26)43-4)17-29-22-37-23-30(29)19-27(7-6-16-42-3)28-14-15-38-35(36)20-28/h22-23,25-28,32-35,38,41H,5-21,36H2,1-4H3/q+1. The third kappa shape index (κ3) is 12.5. The highest BCUT2D eigenvalue weighted by Gasteiger charge is 2.33. The van der Waals surface area contributed by atoms with Gasteiger partial charge in [0, 0.05) is 53.4 Å². The van der Waals surface area contributed by atoms with Gasteiger partial charge in [0.05, 0.1) is 23.9 Å². The number of allylic oxidation sites excluding steroid dienone is 1. The molecule has 0 aromatic carbocycles. The number of Topliss-reactive ketones (excluding diaryl/α,β-unsaturated/α-hetero) is 1. The summed E-state index contributed by atoms with van der Waals surface area (Å²) in [5, 5.41) is 13.5. The van der Waals surface area contributed by atoms with Gasteiger partial charge in [0.15, 0.2) is 6.21 Å². The molecule has 2 aliphatic heterocycles. The minimum absolute atomic E-state index is 0.0711. The van der Waals surface area contributed by atoms with Crippen molar-refractivity contribution in [3.8, 4) is 0 Å². The molecule has 44 heavy (non-hydrogen) atoms. The second kappa shape index (κ2) is 19.7. The molecule has 8 atom stereocenters. The van der Waals surface area contributed by atoms with Crippen molar-refractivity contribution < 1.29 is 28.9 Å². The topological polar surface area (TPSA) is 132 Å². The van der Waals surface area contributed by atoms with Crippen molar-refractivity contribution in [1.82, 2.24) is 5.32 Å². The van der Waals surface area contributed by atoms with Crippen molar-refractivity contribution in [3.63, 3.8) is 0 Å². The van der Waals surface area contributed by atoms with Gasteiger partial charge in [0.25, 0.3) is 0 Å². The molecular weight excluding hydrogens is 558 g/mol. The number of nitrogens with one attached hydrogen (secondary N) is 1. The summed E-state index contributed by atoms with van der Waals surface area (Å²) in [6.07, 6.45) is 14.0. The van der Waals surface area contributed by atoms with Crippen molar-refractivity contribution in [2.45, 2.75) is 135 Å². The van der Waals surface area contributed by atoms with Crippen molar-refractivity contribution in [3.05, 3.63) is 17.7 Å². The number of nitrogens with zero attached hydrogens (tertiary/aromatic N) is 1. The van der Waals surface area contributed by atoms with Crippen LogP contribution < -0.4 is 11.1 Å². The molecule has 0 amide bonds. The Balaban J connectivity index is 1.54. The second-order valence-electron chi connectivity index (χ2n) is 13.5. The van der Waals surface area contributed by atoms with Gasteiger partial charge >= 0.3 is 5.97 Å². The molecule has 4 N–H and O–H groups in total. The largest absolute Gasteiger partial charge is 0.462 e. The fourth-order valence-corrected chi connectivity index (χ4v) is 7.49. The smallest absolute Gasteiger partial charge is 0.302 e. The fourth-order valence-electron chi connectivity index (χ4n) is 7.49. The maximum Gasteiger partial charge on any atom is 0.302 e. The number of aliphatic hydroxyl groups is 1. The van der Waals surface area contributed by atoms with Gasteiger partial charge in [-0.2, -0.15) is 0 Å². The number of piperidine rings is 1. The van der Waals surface area contributed by atoms with Crippen LogP contribution in [0.1, 0.15) is 110 Å². The van der Waals surface area contributed by atoms with E-state index in [-0.39, 0.29) is 36.5 Å². The van der Waals surface area contributed by atoms with E-state index in [1.165, 1.54) is 18.1 Å². The number of aliphatic hydroxyl groups excluding tert-OH is 1. The summed E-state index contributed by atoms with van der Waals surface area (Å²) >= 11 is 0. The summed E-state index contributed by atoms with van der Waals surface area (Å²) in [6.45, 7) is 7.44. The number of nitrogens with two attached hydrogens (primary N) is 1. The number of hydrogen-bond donors (Lipinski definition) is 3. The minimum atomic E-state index is -0.414. The van der Waals surface area contributed by atoms with Gasteiger partial charge < -0.3 is 30.4 Å². The minimum Gasteiger partial charge on any atom is -0.462 e. The van der Waals surface area contributed by atoms with Crippen LogP contribution in [-0.4, -0.2) is 74.9 Å². The van der Waals surface area contributed by atoms with Gasteiger partial charge in [-0.3, -0.25) is 9.59 Å². The monoisotopic (exact) mass is 618 g/mol. The van der Waals surface area contributed by atoms with Crippen molar-refractivity contribution in [2.24, 2.45) is 34.4 Å². The fraction of sp³-hybridized carbons (Fsp3) is 0.829. The van der Waals surface area contributed by atoms with Crippen LogP contribution in [0.4, 0.5) is 0 Å². The van der Waals surface area contributed by atoms with Crippen LogP contribution in [-0.2, 0) is 23.8 Å². The zero-order valence-corrected chi connectivity index (χ0v) is 27.8. The van der Waals surface area contributed by atoms with Gasteiger partial charge in [-0.1, -0.05) is 13.3 Å². The molecule has 3 rings (SSSR count). The van der Waals surface area contributed by atoms with E-state index in [2.05, 4.69) is 23.8 Å². The molecule has 9 nitrogen and oxygen atoms in total. The molecule has 0 aromatic heterocycles. The van der Waals surface area contributed by atoms with E-state index in [1.54, 1.807) is 14.2 Å². The number of methoxy groups -OCH3 is 2. The molecule has 3 aliphatic rings. The number of esters is 1. The lowest BCUT2D eigenvalue weighted by Crippen LogP contribution is -2.45. The zero-order chi connectivity index (χ0) is 31.9. The number of carbonyl (C=O) groups is 2. The van der Waals surface area contributed by atoms with Crippen molar-refractivity contribution >= 4 is 18.0 Å². The van der Waals surface area contributed by atoms with Crippen LogP contribution in [0.5, 0.6) is 0 Å². The molecule has 0 radical (unpaired) electrons. The molecule has 1 aliphatic carbocycles. The third-order valence-corrected chi connectivity index (χ3v) is 10.2. The van der Waals surface area contributed by atoms with Crippen LogP contribution in [0, 0.1) is 30.2 Å². The summed E-state index contributed by atoms with van der Waals surface area (Å²) in [6, 6.07) is 0. The van der Waals surface area contributed by atoms with E-state index in [0.717, 1.165) is 83.8 Å². The Morgan fingerprint density at radius 3 is 2.68 bits per heavy atom.